The molecule has 8 heteroatoms. The van der Waals surface area contributed by atoms with Crippen molar-refractivity contribution in [2.75, 3.05) is 5.32 Å². The number of rotatable bonds is 4. The molecule has 0 saturated heterocycles. The van der Waals surface area contributed by atoms with E-state index in [1.165, 1.54) is 12.1 Å². The van der Waals surface area contributed by atoms with Crippen molar-refractivity contribution in [3.8, 4) is 0 Å². The number of carbonyl (C=O) groups is 1. The summed E-state index contributed by atoms with van der Waals surface area (Å²) in [5.74, 6) is 0. The second-order valence-electron chi connectivity index (χ2n) is 6.72. The van der Waals surface area contributed by atoms with E-state index in [9.17, 15) is 18.0 Å². The van der Waals surface area contributed by atoms with Gasteiger partial charge in [0, 0.05) is 23.5 Å². The van der Waals surface area contributed by atoms with Crippen LogP contribution in [0.25, 0.3) is 0 Å². The van der Waals surface area contributed by atoms with Gasteiger partial charge in [0.2, 0.25) is 0 Å². The number of halogens is 3. The van der Waals surface area contributed by atoms with Crippen molar-refractivity contribution < 1.29 is 22.7 Å². The summed E-state index contributed by atoms with van der Waals surface area (Å²) >= 11 is 0. The number of hydrogen-bond donors (Lipinski definition) is 1. The maximum atomic E-state index is 12.7. The molecule has 0 spiro atoms. The Labute approximate surface area is 143 Å². The molecule has 1 heterocycles. The quantitative estimate of drug-likeness (QED) is 0.874. The van der Waals surface area contributed by atoms with E-state index in [4.69, 9.17) is 4.74 Å². The van der Waals surface area contributed by atoms with Gasteiger partial charge in [-0.3, -0.25) is 5.32 Å². The number of hydrogen-bond acceptors (Lipinski definition) is 3. The molecule has 1 amide bonds. The van der Waals surface area contributed by atoms with Crippen LogP contribution < -0.4 is 5.32 Å². The molecule has 0 radical (unpaired) electrons. The number of ether oxygens (including phenoxy) is 1. The van der Waals surface area contributed by atoms with Gasteiger partial charge in [0.1, 0.15) is 6.10 Å². The Morgan fingerprint density at radius 2 is 2.04 bits per heavy atom. The molecule has 2 aromatic rings. The fourth-order valence-corrected chi connectivity index (χ4v) is 2.12. The third kappa shape index (κ3) is 5.51. The first-order valence-corrected chi connectivity index (χ1v) is 7.66. The van der Waals surface area contributed by atoms with Gasteiger partial charge in [-0.05, 0) is 18.2 Å². The summed E-state index contributed by atoms with van der Waals surface area (Å²) in [5.41, 5.74) is -1.18. The zero-order valence-corrected chi connectivity index (χ0v) is 14.2. The lowest BCUT2D eigenvalue weighted by atomic mass is 9.89. The minimum atomic E-state index is -4.48. The van der Waals surface area contributed by atoms with Gasteiger partial charge in [-0.2, -0.15) is 13.2 Å². The zero-order valence-electron chi connectivity index (χ0n) is 14.2. The van der Waals surface area contributed by atoms with Crippen LogP contribution in [0.1, 0.15) is 26.3 Å². The van der Waals surface area contributed by atoms with E-state index in [2.05, 4.69) is 10.3 Å². The molecule has 0 aliphatic carbocycles. The Hall–Kier alpha value is -2.51. The summed E-state index contributed by atoms with van der Waals surface area (Å²) < 4.78 is 45.4. The Morgan fingerprint density at radius 3 is 2.60 bits per heavy atom. The summed E-state index contributed by atoms with van der Waals surface area (Å²) in [6.45, 7) is 6.12. The number of carbonyl (C=O) groups excluding carboxylic acids is 1. The zero-order chi connectivity index (χ0) is 18.7. The molecule has 0 aliphatic heterocycles. The Kier molecular flexibility index (Phi) is 5.39. The molecule has 5 nitrogen and oxygen atoms in total. The molecule has 25 heavy (non-hydrogen) atoms. The SMILES string of the molecule is CC(C)(C)C(Cn1ccnc1)OC(=O)Nc1cccc(C(F)(F)F)c1. The van der Waals surface area contributed by atoms with Crippen LogP contribution in [-0.2, 0) is 17.5 Å². The van der Waals surface area contributed by atoms with E-state index in [1.807, 2.05) is 20.8 Å². The number of imidazole rings is 1. The predicted molar refractivity (Wildman–Crippen MR) is 87.0 cm³/mol. The second-order valence-corrected chi connectivity index (χ2v) is 6.72. The summed E-state index contributed by atoms with van der Waals surface area (Å²) in [5, 5.41) is 2.35. The van der Waals surface area contributed by atoms with Crippen molar-refractivity contribution in [3.05, 3.63) is 48.5 Å². The van der Waals surface area contributed by atoms with E-state index in [-0.39, 0.29) is 11.1 Å². The summed E-state index contributed by atoms with van der Waals surface area (Å²) in [6.07, 6.45) is -0.814. The second kappa shape index (κ2) is 7.16. The first kappa shape index (κ1) is 18.8. The molecule has 1 atom stereocenters. The molecular weight excluding hydrogens is 335 g/mol. The van der Waals surface area contributed by atoms with Crippen LogP contribution in [0.3, 0.4) is 0 Å². The molecule has 0 aliphatic rings. The van der Waals surface area contributed by atoms with Gasteiger partial charge in [0.15, 0.2) is 0 Å². The van der Waals surface area contributed by atoms with Crippen LogP contribution >= 0.6 is 0 Å². The predicted octanol–water partition coefficient (Wildman–Crippen LogP) is 4.57. The van der Waals surface area contributed by atoms with E-state index >= 15 is 0 Å². The van der Waals surface area contributed by atoms with Crippen molar-refractivity contribution in [3.63, 3.8) is 0 Å². The molecule has 0 saturated carbocycles. The van der Waals surface area contributed by atoms with Crippen molar-refractivity contribution in [1.82, 2.24) is 9.55 Å². The van der Waals surface area contributed by atoms with Crippen LogP contribution in [0.5, 0.6) is 0 Å². The Balaban J connectivity index is 2.06. The van der Waals surface area contributed by atoms with Crippen molar-refractivity contribution in [2.24, 2.45) is 5.41 Å². The van der Waals surface area contributed by atoms with E-state index in [1.54, 1.807) is 23.3 Å². The van der Waals surface area contributed by atoms with Crippen LogP contribution in [0, 0.1) is 5.41 Å². The summed E-state index contributed by atoms with van der Waals surface area (Å²) in [4.78, 5) is 16.1. The molecule has 0 bridgehead atoms. The number of nitrogens with zero attached hydrogens (tertiary/aromatic N) is 2. The fourth-order valence-electron chi connectivity index (χ4n) is 2.12. The van der Waals surface area contributed by atoms with E-state index < -0.39 is 23.9 Å². The molecule has 1 aromatic heterocycles. The lowest BCUT2D eigenvalue weighted by molar-refractivity contribution is -0.137. The molecule has 1 unspecified atom stereocenters. The van der Waals surface area contributed by atoms with Crippen molar-refractivity contribution >= 4 is 11.8 Å². The van der Waals surface area contributed by atoms with Crippen LogP contribution in [-0.4, -0.2) is 21.7 Å². The van der Waals surface area contributed by atoms with Crippen molar-refractivity contribution in [1.29, 1.82) is 0 Å². The van der Waals surface area contributed by atoms with Gasteiger partial charge in [0.25, 0.3) is 0 Å². The number of benzene rings is 1. The number of anilines is 1. The number of aromatic nitrogens is 2. The van der Waals surface area contributed by atoms with Crippen molar-refractivity contribution in [2.45, 2.75) is 39.6 Å². The molecular formula is C17H20F3N3O2. The average molecular weight is 355 g/mol. The molecule has 0 fully saturated rings. The largest absolute Gasteiger partial charge is 0.444 e. The standard InChI is InChI=1S/C17H20F3N3O2/c1-16(2,3)14(10-23-8-7-21-11-23)25-15(24)22-13-6-4-5-12(9-13)17(18,19)20/h4-9,11,14H,10H2,1-3H3,(H,22,24). The number of nitrogens with one attached hydrogen (secondary N) is 1. The van der Waals surface area contributed by atoms with E-state index in [0.717, 1.165) is 12.1 Å². The van der Waals surface area contributed by atoms with Crippen LogP contribution in [0.4, 0.5) is 23.7 Å². The highest BCUT2D eigenvalue weighted by atomic mass is 19.4. The maximum Gasteiger partial charge on any atom is 0.416 e. The normalized spacial score (nSPS) is 13.4. The third-order valence-electron chi connectivity index (χ3n) is 3.59. The first-order chi connectivity index (χ1) is 11.6. The topological polar surface area (TPSA) is 56.2 Å². The number of alkyl halides is 3. The van der Waals surface area contributed by atoms with Gasteiger partial charge in [0.05, 0.1) is 18.4 Å². The third-order valence-corrected chi connectivity index (χ3v) is 3.59. The monoisotopic (exact) mass is 355 g/mol. The Morgan fingerprint density at radius 1 is 1.32 bits per heavy atom. The van der Waals surface area contributed by atoms with E-state index in [0.29, 0.717) is 6.54 Å². The Bertz CT molecular complexity index is 707. The maximum absolute atomic E-state index is 12.7. The fraction of sp³-hybridized carbons (Fsp3) is 0.412. The van der Waals surface area contributed by atoms with Gasteiger partial charge in [-0.25, -0.2) is 9.78 Å². The first-order valence-electron chi connectivity index (χ1n) is 7.66. The van der Waals surface area contributed by atoms with Gasteiger partial charge in [-0.1, -0.05) is 26.8 Å². The molecule has 136 valence electrons. The smallest absolute Gasteiger partial charge is 0.416 e. The van der Waals surface area contributed by atoms with Gasteiger partial charge < -0.3 is 9.30 Å². The molecule has 1 aromatic carbocycles. The molecule has 2 rings (SSSR count). The minimum Gasteiger partial charge on any atom is -0.444 e. The number of amides is 1. The highest BCUT2D eigenvalue weighted by Gasteiger charge is 2.31. The molecule has 1 N–H and O–H groups in total. The summed E-state index contributed by atoms with van der Waals surface area (Å²) in [6, 6.07) is 4.40. The summed E-state index contributed by atoms with van der Waals surface area (Å²) in [7, 11) is 0. The van der Waals surface area contributed by atoms with Crippen LogP contribution in [0.2, 0.25) is 0 Å². The van der Waals surface area contributed by atoms with Crippen LogP contribution in [0.15, 0.2) is 43.0 Å². The average Bonchev–Trinajstić information content (AvgIpc) is 2.98. The highest BCUT2D eigenvalue weighted by Crippen LogP contribution is 2.31. The van der Waals surface area contributed by atoms with Gasteiger partial charge in [-0.15, -0.1) is 0 Å². The van der Waals surface area contributed by atoms with Gasteiger partial charge >= 0.3 is 12.3 Å². The lowest BCUT2D eigenvalue weighted by Gasteiger charge is -2.30. The minimum absolute atomic E-state index is 0.0233. The lowest BCUT2D eigenvalue weighted by Crippen LogP contribution is -2.36. The highest BCUT2D eigenvalue weighted by molar-refractivity contribution is 5.84.